The molecular formula is C13H28N2O2. The number of nitrogens with zero attached hydrogens (tertiary/aromatic N) is 1. The fourth-order valence-corrected chi connectivity index (χ4v) is 2.49. The first-order valence-electron chi connectivity index (χ1n) is 6.63. The Hall–Kier alpha value is -0.160. The fraction of sp³-hybridized carbons (Fsp3) is 1.00. The Bertz CT molecular complexity index is 223. The Balaban J connectivity index is 2.32. The number of ether oxygens (including phenoxy) is 1. The molecule has 1 aliphatic heterocycles. The molecule has 0 aromatic rings. The van der Waals surface area contributed by atoms with E-state index in [1.807, 2.05) is 0 Å². The van der Waals surface area contributed by atoms with Gasteiger partial charge in [0.05, 0.1) is 12.7 Å². The monoisotopic (exact) mass is 244 g/mol. The van der Waals surface area contributed by atoms with Crippen molar-refractivity contribution in [1.82, 2.24) is 10.2 Å². The van der Waals surface area contributed by atoms with E-state index in [-0.39, 0.29) is 12.1 Å². The van der Waals surface area contributed by atoms with Crippen molar-refractivity contribution < 1.29 is 9.84 Å². The molecule has 0 aromatic carbocycles. The minimum absolute atomic E-state index is 0.167. The maximum Gasteiger partial charge on any atom is 0.0710 e. The van der Waals surface area contributed by atoms with Gasteiger partial charge in [-0.2, -0.15) is 0 Å². The van der Waals surface area contributed by atoms with E-state index in [0.717, 1.165) is 32.5 Å². The van der Waals surface area contributed by atoms with Crippen molar-refractivity contribution >= 4 is 0 Å². The van der Waals surface area contributed by atoms with Crippen LogP contribution in [0.4, 0.5) is 0 Å². The Morgan fingerprint density at radius 1 is 1.53 bits per heavy atom. The summed E-state index contributed by atoms with van der Waals surface area (Å²) in [6.07, 6.45) is 2.50. The standard InChI is InChI=1S/C13H28N2O2/c1-11(2)14-13(3,10-16)6-8-15-7-5-12(9-15)17-4/h11-12,14,16H,5-10H2,1-4H3. The van der Waals surface area contributed by atoms with Crippen LogP contribution in [0.25, 0.3) is 0 Å². The second-order valence-electron chi connectivity index (χ2n) is 5.71. The second-order valence-corrected chi connectivity index (χ2v) is 5.71. The second kappa shape index (κ2) is 6.69. The highest BCUT2D eigenvalue weighted by Crippen LogP contribution is 2.16. The lowest BCUT2D eigenvalue weighted by Crippen LogP contribution is -2.50. The molecule has 0 aliphatic carbocycles. The molecule has 17 heavy (non-hydrogen) atoms. The van der Waals surface area contributed by atoms with Gasteiger partial charge in [0.25, 0.3) is 0 Å². The molecule has 2 unspecified atom stereocenters. The average molecular weight is 244 g/mol. The van der Waals surface area contributed by atoms with E-state index in [2.05, 4.69) is 31.0 Å². The number of hydrogen-bond acceptors (Lipinski definition) is 4. The number of likely N-dealkylation sites (tertiary alicyclic amines) is 1. The van der Waals surface area contributed by atoms with Crippen LogP contribution in [0.1, 0.15) is 33.6 Å². The van der Waals surface area contributed by atoms with Crippen LogP contribution in [0.15, 0.2) is 0 Å². The molecule has 4 heteroatoms. The van der Waals surface area contributed by atoms with Crippen LogP contribution >= 0.6 is 0 Å². The summed E-state index contributed by atoms with van der Waals surface area (Å²) in [6.45, 7) is 9.68. The molecule has 0 saturated carbocycles. The van der Waals surface area contributed by atoms with Gasteiger partial charge in [-0.25, -0.2) is 0 Å². The highest BCUT2D eigenvalue weighted by atomic mass is 16.5. The molecule has 2 N–H and O–H groups in total. The molecule has 2 atom stereocenters. The number of nitrogens with one attached hydrogen (secondary N) is 1. The van der Waals surface area contributed by atoms with E-state index in [9.17, 15) is 5.11 Å². The third-order valence-electron chi connectivity index (χ3n) is 3.53. The van der Waals surface area contributed by atoms with Crippen molar-refractivity contribution in [2.75, 3.05) is 33.4 Å². The molecule has 0 aromatic heterocycles. The van der Waals surface area contributed by atoms with Crippen LogP contribution in [0, 0.1) is 0 Å². The summed E-state index contributed by atoms with van der Waals surface area (Å²) in [4.78, 5) is 2.42. The van der Waals surface area contributed by atoms with E-state index < -0.39 is 0 Å². The first-order valence-corrected chi connectivity index (χ1v) is 6.63. The number of aliphatic hydroxyl groups excluding tert-OH is 1. The Morgan fingerprint density at radius 2 is 2.24 bits per heavy atom. The van der Waals surface area contributed by atoms with Gasteiger partial charge in [0, 0.05) is 38.3 Å². The van der Waals surface area contributed by atoms with Gasteiger partial charge in [-0.3, -0.25) is 0 Å². The molecule has 1 saturated heterocycles. The van der Waals surface area contributed by atoms with Crippen molar-refractivity contribution in [3.8, 4) is 0 Å². The normalized spacial score (nSPS) is 25.4. The zero-order valence-electron chi connectivity index (χ0n) is 11.7. The highest BCUT2D eigenvalue weighted by Gasteiger charge is 2.27. The zero-order chi connectivity index (χ0) is 12.9. The van der Waals surface area contributed by atoms with Crippen molar-refractivity contribution in [2.45, 2.75) is 51.3 Å². The van der Waals surface area contributed by atoms with Crippen LogP contribution < -0.4 is 5.32 Å². The van der Waals surface area contributed by atoms with E-state index in [4.69, 9.17) is 4.74 Å². The molecule has 0 amide bonds. The number of aliphatic hydroxyl groups is 1. The molecular weight excluding hydrogens is 216 g/mol. The van der Waals surface area contributed by atoms with E-state index in [1.165, 1.54) is 0 Å². The third-order valence-corrected chi connectivity index (χ3v) is 3.53. The summed E-state index contributed by atoms with van der Waals surface area (Å²) in [6, 6.07) is 0.400. The number of methoxy groups -OCH3 is 1. The van der Waals surface area contributed by atoms with Crippen LogP contribution in [-0.4, -0.2) is 61.0 Å². The summed E-state index contributed by atoms with van der Waals surface area (Å²) < 4.78 is 5.36. The smallest absolute Gasteiger partial charge is 0.0710 e. The maximum absolute atomic E-state index is 9.50. The summed E-state index contributed by atoms with van der Waals surface area (Å²) in [5, 5.41) is 12.9. The predicted molar refractivity (Wildman–Crippen MR) is 70.2 cm³/mol. The van der Waals surface area contributed by atoms with Gasteiger partial charge in [0.15, 0.2) is 0 Å². The summed E-state index contributed by atoms with van der Waals surface area (Å²) in [5.74, 6) is 0. The van der Waals surface area contributed by atoms with Gasteiger partial charge in [-0.05, 0) is 19.8 Å². The quantitative estimate of drug-likeness (QED) is 0.697. The van der Waals surface area contributed by atoms with Gasteiger partial charge in [-0.1, -0.05) is 13.8 Å². The maximum atomic E-state index is 9.50. The highest BCUT2D eigenvalue weighted by molar-refractivity contribution is 4.86. The van der Waals surface area contributed by atoms with E-state index >= 15 is 0 Å². The van der Waals surface area contributed by atoms with Crippen LogP contribution in [0.5, 0.6) is 0 Å². The fourth-order valence-electron chi connectivity index (χ4n) is 2.49. The molecule has 1 fully saturated rings. The zero-order valence-corrected chi connectivity index (χ0v) is 11.7. The van der Waals surface area contributed by atoms with Gasteiger partial charge in [0.1, 0.15) is 0 Å². The first-order chi connectivity index (χ1) is 7.99. The molecule has 1 aliphatic rings. The Kier molecular flexibility index (Phi) is 5.86. The SMILES string of the molecule is COC1CCN(CCC(C)(CO)NC(C)C)C1. The van der Waals surface area contributed by atoms with Crippen molar-refractivity contribution in [3.05, 3.63) is 0 Å². The third kappa shape index (κ3) is 4.92. The van der Waals surface area contributed by atoms with Crippen LogP contribution in [0.2, 0.25) is 0 Å². The lowest BCUT2D eigenvalue weighted by atomic mass is 9.97. The van der Waals surface area contributed by atoms with Gasteiger partial charge >= 0.3 is 0 Å². The lowest BCUT2D eigenvalue weighted by Gasteiger charge is -2.32. The molecule has 1 rings (SSSR count). The molecule has 0 radical (unpaired) electrons. The summed E-state index contributed by atoms with van der Waals surface area (Å²) in [7, 11) is 1.78. The van der Waals surface area contributed by atoms with E-state index in [1.54, 1.807) is 7.11 Å². The Morgan fingerprint density at radius 3 is 2.71 bits per heavy atom. The summed E-state index contributed by atoms with van der Waals surface area (Å²) >= 11 is 0. The topological polar surface area (TPSA) is 44.7 Å². The molecule has 0 spiro atoms. The Labute approximate surface area is 105 Å². The number of rotatable bonds is 7. The molecule has 1 heterocycles. The first kappa shape index (κ1) is 14.9. The average Bonchev–Trinajstić information content (AvgIpc) is 2.73. The van der Waals surface area contributed by atoms with Gasteiger partial charge < -0.3 is 20.1 Å². The minimum Gasteiger partial charge on any atom is -0.394 e. The van der Waals surface area contributed by atoms with Gasteiger partial charge in [-0.15, -0.1) is 0 Å². The largest absolute Gasteiger partial charge is 0.394 e. The molecule has 0 bridgehead atoms. The van der Waals surface area contributed by atoms with Crippen molar-refractivity contribution in [2.24, 2.45) is 0 Å². The van der Waals surface area contributed by atoms with Crippen LogP contribution in [-0.2, 0) is 4.74 Å². The van der Waals surface area contributed by atoms with Crippen molar-refractivity contribution in [1.29, 1.82) is 0 Å². The summed E-state index contributed by atoms with van der Waals surface area (Å²) in [5.41, 5.74) is -0.167. The van der Waals surface area contributed by atoms with Gasteiger partial charge in [0.2, 0.25) is 0 Å². The van der Waals surface area contributed by atoms with Crippen molar-refractivity contribution in [3.63, 3.8) is 0 Å². The molecule has 4 nitrogen and oxygen atoms in total. The number of hydrogen-bond donors (Lipinski definition) is 2. The lowest BCUT2D eigenvalue weighted by molar-refractivity contribution is 0.102. The predicted octanol–water partition coefficient (Wildman–Crippen LogP) is 0.846. The minimum atomic E-state index is -0.167. The van der Waals surface area contributed by atoms with Crippen LogP contribution in [0.3, 0.4) is 0 Å². The molecule has 102 valence electrons. The van der Waals surface area contributed by atoms with E-state index in [0.29, 0.717) is 12.1 Å².